The highest BCUT2D eigenvalue weighted by Crippen LogP contribution is 2.47. The molecule has 1 saturated carbocycles. The first kappa shape index (κ1) is 14.0. The largest absolute Gasteiger partial charge is 0.326 e. The Kier molecular flexibility index (Phi) is 3.18. The molecule has 2 aliphatic rings. The van der Waals surface area contributed by atoms with Crippen LogP contribution in [0.4, 0.5) is 11.4 Å². The lowest BCUT2D eigenvalue weighted by atomic mass is 10.0. The second-order valence-corrected chi connectivity index (χ2v) is 6.31. The Balaban J connectivity index is 1.43. The van der Waals surface area contributed by atoms with Gasteiger partial charge in [-0.05, 0) is 48.1 Å². The summed E-state index contributed by atoms with van der Waals surface area (Å²) in [6, 6.07) is 5.64. The Bertz CT molecular complexity index is 796. The Morgan fingerprint density at radius 1 is 1.39 bits per heavy atom. The third kappa shape index (κ3) is 2.72. The van der Waals surface area contributed by atoms with Gasteiger partial charge in [0.25, 0.3) is 0 Å². The van der Waals surface area contributed by atoms with Gasteiger partial charge in [0.2, 0.25) is 11.8 Å². The third-order valence-corrected chi connectivity index (χ3v) is 4.55. The molecular weight excluding hydrogens is 292 g/mol. The summed E-state index contributed by atoms with van der Waals surface area (Å²) in [7, 11) is 1.88. The molecule has 1 aliphatic heterocycles. The zero-order valence-electron chi connectivity index (χ0n) is 12.9. The predicted octanol–water partition coefficient (Wildman–Crippen LogP) is 2.05. The smallest absolute Gasteiger partial charge is 0.228 e. The minimum Gasteiger partial charge on any atom is -0.326 e. The lowest BCUT2D eigenvalue weighted by Gasteiger charge is -2.17. The number of carbonyl (C=O) groups is 2. The highest BCUT2D eigenvalue weighted by molar-refractivity contribution is 5.97. The molecule has 1 aliphatic carbocycles. The average molecular weight is 310 g/mol. The van der Waals surface area contributed by atoms with Crippen molar-refractivity contribution in [2.75, 3.05) is 10.6 Å². The fraction of sp³-hybridized carbons (Fsp3) is 0.353. The van der Waals surface area contributed by atoms with E-state index in [0.29, 0.717) is 12.8 Å². The van der Waals surface area contributed by atoms with E-state index in [1.807, 2.05) is 37.6 Å². The molecule has 2 heterocycles. The zero-order chi connectivity index (χ0) is 16.0. The van der Waals surface area contributed by atoms with Crippen LogP contribution in [-0.2, 0) is 23.1 Å². The summed E-state index contributed by atoms with van der Waals surface area (Å²) < 4.78 is 1.76. The number of anilines is 2. The van der Waals surface area contributed by atoms with Crippen LogP contribution in [0.5, 0.6) is 0 Å². The van der Waals surface area contributed by atoms with Crippen LogP contribution in [0.3, 0.4) is 0 Å². The maximum atomic E-state index is 12.4. The van der Waals surface area contributed by atoms with E-state index in [1.54, 1.807) is 4.68 Å². The van der Waals surface area contributed by atoms with E-state index in [-0.39, 0.29) is 23.7 Å². The normalized spacial score (nSPS) is 22.2. The molecule has 4 rings (SSSR count). The number of fused-ring (bicyclic) bond motifs is 1. The Hall–Kier alpha value is -2.63. The standard InChI is InChI=1S/C17H18N4O2/c1-21-9-11(8-18-21)13-7-14(13)17(23)19-12-3-4-15-10(6-12)2-5-16(22)20-15/h3-4,6,8-9,13-14H,2,5,7H2,1H3,(H,19,23)(H,20,22)/t13-,14+/m0/s1. The third-order valence-electron chi connectivity index (χ3n) is 4.55. The number of benzene rings is 1. The lowest BCUT2D eigenvalue weighted by molar-refractivity contribution is -0.117. The molecule has 6 nitrogen and oxygen atoms in total. The number of nitrogens with zero attached hydrogens (tertiary/aromatic N) is 2. The van der Waals surface area contributed by atoms with Crippen LogP contribution in [0.2, 0.25) is 0 Å². The number of hydrogen-bond acceptors (Lipinski definition) is 3. The summed E-state index contributed by atoms with van der Waals surface area (Å²) >= 11 is 0. The highest BCUT2D eigenvalue weighted by atomic mass is 16.2. The second-order valence-electron chi connectivity index (χ2n) is 6.31. The van der Waals surface area contributed by atoms with Crippen LogP contribution < -0.4 is 10.6 Å². The van der Waals surface area contributed by atoms with Gasteiger partial charge in [0, 0.05) is 37.0 Å². The molecule has 2 N–H and O–H groups in total. The molecule has 2 amide bonds. The number of aromatic nitrogens is 2. The van der Waals surface area contributed by atoms with E-state index in [9.17, 15) is 9.59 Å². The van der Waals surface area contributed by atoms with Crippen molar-refractivity contribution in [2.45, 2.75) is 25.2 Å². The number of carbonyl (C=O) groups excluding carboxylic acids is 2. The topological polar surface area (TPSA) is 76.0 Å². The van der Waals surface area contributed by atoms with Crippen molar-refractivity contribution >= 4 is 23.2 Å². The SMILES string of the molecule is Cn1cc([C@@H]2C[C@H]2C(=O)Nc2ccc3c(c2)CCC(=O)N3)cn1. The molecule has 1 aromatic carbocycles. The molecule has 1 fully saturated rings. The first-order valence-corrected chi connectivity index (χ1v) is 7.82. The highest BCUT2D eigenvalue weighted by Gasteiger charge is 2.44. The van der Waals surface area contributed by atoms with Gasteiger partial charge >= 0.3 is 0 Å². The van der Waals surface area contributed by atoms with Crippen LogP contribution in [0.25, 0.3) is 0 Å². The maximum Gasteiger partial charge on any atom is 0.228 e. The fourth-order valence-electron chi connectivity index (χ4n) is 3.18. The quantitative estimate of drug-likeness (QED) is 0.911. The second kappa shape index (κ2) is 5.22. The van der Waals surface area contributed by atoms with E-state index in [0.717, 1.165) is 28.9 Å². The van der Waals surface area contributed by atoms with Crippen molar-refractivity contribution in [3.63, 3.8) is 0 Å². The van der Waals surface area contributed by atoms with Gasteiger partial charge in [-0.25, -0.2) is 0 Å². The Labute approximate surface area is 133 Å². The van der Waals surface area contributed by atoms with E-state index >= 15 is 0 Å². The Morgan fingerprint density at radius 2 is 2.26 bits per heavy atom. The van der Waals surface area contributed by atoms with Gasteiger partial charge in [-0.15, -0.1) is 0 Å². The van der Waals surface area contributed by atoms with Gasteiger partial charge in [-0.3, -0.25) is 14.3 Å². The van der Waals surface area contributed by atoms with Crippen molar-refractivity contribution in [3.05, 3.63) is 41.7 Å². The van der Waals surface area contributed by atoms with Crippen LogP contribution in [0.15, 0.2) is 30.6 Å². The number of amides is 2. The zero-order valence-corrected chi connectivity index (χ0v) is 12.9. The van der Waals surface area contributed by atoms with E-state index in [2.05, 4.69) is 15.7 Å². The van der Waals surface area contributed by atoms with E-state index in [4.69, 9.17) is 0 Å². The molecule has 0 spiro atoms. The molecule has 2 aromatic rings. The summed E-state index contributed by atoms with van der Waals surface area (Å²) in [5, 5.41) is 10.00. The average Bonchev–Trinajstić information content (AvgIpc) is 3.22. The number of hydrogen-bond donors (Lipinski definition) is 2. The van der Waals surface area contributed by atoms with Crippen molar-refractivity contribution < 1.29 is 9.59 Å². The predicted molar refractivity (Wildman–Crippen MR) is 86.1 cm³/mol. The van der Waals surface area contributed by atoms with Gasteiger partial charge in [-0.1, -0.05) is 0 Å². The lowest BCUT2D eigenvalue weighted by Crippen LogP contribution is -2.20. The molecule has 0 radical (unpaired) electrons. The van der Waals surface area contributed by atoms with Gasteiger partial charge in [0.15, 0.2) is 0 Å². The number of rotatable bonds is 3. The molecule has 1 aromatic heterocycles. The summed E-state index contributed by atoms with van der Waals surface area (Å²) in [6.07, 6.45) is 5.89. The molecule has 6 heteroatoms. The fourth-order valence-corrected chi connectivity index (χ4v) is 3.18. The minimum absolute atomic E-state index is 0.0231. The molecule has 118 valence electrons. The first-order valence-electron chi connectivity index (χ1n) is 7.82. The molecule has 0 saturated heterocycles. The monoisotopic (exact) mass is 310 g/mol. The van der Waals surface area contributed by atoms with Crippen molar-refractivity contribution in [2.24, 2.45) is 13.0 Å². The van der Waals surface area contributed by atoms with Crippen LogP contribution in [0, 0.1) is 5.92 Å². The summed E-state index contributed by atoms with van der Waals surface area (Å²) in [5.74, 6) is 0.403. The van der Waals surface area contributed by atoms with E-state index < -0.39 is 0 Å². The number of aryl methyl sites for hydroxylation is 2. The van der Waals surface area contributed by atoms with Gasteiger partial charge in [0.05, 0.1) is 6.20 Å². The molecule has 0 unspecified atom stereocenters. The van der Waals surface area contributed by atoms with Crippen LogP contribution in [0.1, 0.15) is 29.9 Å². The molecule has 2 atom stereocenters. The van der Waals surface area contributed by atoms with E-state index in [1.165, 1.54) is 0 Å². The first-order chi connectivity index (χ1) is 11.1. The van der Waals surface area contributed by atoms with Crippen LogP contribution in [-0.4, -0.2) is 21.6 Å². The van der Waals surface area contributed by atoms with Gasteiger partial charge in [-0.2, -0.15) is 5.10 Å². The summed E-state index contributed by atoms with van der Waals surface area (Å²) in [5.41, 5.74) is 3.84. The number of nitrogens with one attached hydrogen (secondary N) is 2. The molecule has 23 heavy (non-hydrogen) atoms. The molecular formula is C17H18N4O2. The molecule has 0 bridgehead atoms. The Morgan fingerprint density at radius 3 is 3.04 bits per heavy atom. The van der Waals surface area contributed by atoms with Gasteiger partial charge < -0.3 is 10.6 Å². The van der Waals surface area contributed by atoms with Crippen LogP contribution >= 0.6 is 0 Å². The maximum absolute atomic E-state index is 12.4. The summed E-state index contributed by atoms with van der Waals surface area (Å²) in [4.78, 5) is 23.7. The van der Waals surface area contributed by atoms with Crippen molar-refractivity contribution in [1.82, 2.24) is 9.78 Å². The minimum atomic E-state index is 0.0231. The summed E-state index contributed by atoms with van der Waals surface area (Å²) in [6.45, 7) is 0. The van der Waals surface area contributed by atoms with Gasteiger partial charge in [0.1, 0.15) is 0 Å². The van der Waals surface area contributed by atoms with Crippen molar-refractivity contribution in [1.29, 1.82) is 0 Å². The van der Waals surface area contributed by atoms with Crippen molar-refractivity contribution in [3.8, 4) is 0 Å².